The van der Waals surface area contributed by atoms with E-state index in [1.54, 1.807) is 11.8 Å². The van der Waals surface area contributed by atoms with Gasteiger partial charge in [0.05, 0.1) is 11.8 Å². The second-order valence-corrected chi connectivity index (χ2v) is 7.16. The highest BCUT2D eigenvalue weighted by atomic mass is 32.2. The number of carbonyl (C=O) groups is 1. The van der Waals surface area contributed by atoms with E-state index in [0.29, 0.717) is 19.0 Å². The monoisotopic (exact) mass is 357 g/mol. The Hall–Kier alpha value is -2.14. The third-order valence-electron chi connectivity index (χ3n) is 4.07. The van der Waals surface area contributed by atoms with Crippen LogP contribution in [-0.2, 0) is 10.5 Å². The van der Waals surface area contributed by atoms with Crippen molar-refractivity contribution in [3.63, 3.8) is 0 Å². The Bertz CT molecular complexity index is 730. The summed E-state index contributed by atoms with van der Waals surface area (Å²) in [7, 11) is 0. The molecule has 4 nitrogen and oxygen atoms in total. The van der Waals surface area contributed by atoms with Gasteiger partial charge in [0.2, 0.25) is 5.91 Å². The number of benzene rings is 2. The van der Waals surface area contributed by atoms with Crippen molar-refractivity contribution in [1.82, 2.24) is 5.32 Å². The van der Waals surface area contributed by atoms with E-state index < -0.39 is 0 Å². The fraction of sp³-hybridized carbons (Fsp3) is 0.350. The number of amides is 1. The van der Waals surface area contributed by atoms with E-state index in [9.17, 15) is 4.79 Å². The molecule has 25 heavy (non-hydrogen) atoms. The maximum absolute atomic E-state index is 12.2. The molecule has 1 aliphatic rings. The Balaban J connectivity index is 1.48. The van der Waals surface area contributed by atoms with Crippen molar-refractivity contribution >= 4 is 17.7 Å². The molecular weight excluding hydrogens is 334 g/mol. The van der Waals surface area contributed by atoms with Gasteiger partial charge in [0.15, 0.2) is 11.5 Å². The molecule has 0 saturated heterocycles. The van der Waals surface area contributed by atoms with E-state index in [1.165, 1.54) is 11.1 Å². The average molecular weight is 357 g/mol. The lowest BCUT2D eigenvalue weighted by Crippen LogP contribution is -2.28. The molecule has 2 aromatic carbocycles. The lowest BCUT2D eigenvalue weighted by Gasteiger charge is -2.21. The maximum atomic E-state index is 12.2. The molecule has 1 N–H and O–H groups in total. The Morgan fingerprint density at radius 2 is 1.84 bits per heavy atom. The molecule has 0 aromatic heterocycles. The van der Waals surface area contributed by atoms with Crippen LogP contribution in [0, 0.1) is 6.92 Å². The number of fused-ring (bicyclic) bond motifs is 1. The van der Waals surface area contributed by atoms with Crippen molar-refractivity contribution in [3.8, 4) is 11.5 Å². The second kappa shape index (κ2) is 8.30. The van der Waals surface area contributed by atoms with E-state index in [0.717, 1.165) is 22.8 Å². The standard InChI is InChI=1S/C20H23NO3S/c1-14-3-5-16(6-4-14)12-25-13-20(22)21-15(2)17-7-8-18-19(11-17)24-10-9-23-18/h3-8,11,15H,9-10,12-13H2,1-2H3,(H,21,22). The molecule has 0 bridgehead atoms. The van der Waals surface area contributed by atoms with Crippen LogP contribution >= 0.6 is 11.8 Å². The van der Waals surface area contributed by atoms with Crippen LogP contribution in [0.3, 0.4) is 0 Å². The van der Waals surface area contributed by atoms with Crippen molar-refractivity contribution < 1.29 is 14.3 Å². The zero-order valence-corrected chi connectivity index (χ0v) is 15.4. The summed E-state index contributed by atoms with van der Waals surface area (Å²) in [5, 5.41) is 3.04. The quantitative estimate of drug-likeness (QED) is 0.852. The minimum absolute atomic E-state index is 0.0412. The van der Waals surface area contributed by atoms with Crippen LogP contribution < -0.4 is 14.8 Å². The molecule has 132 valence electrons. The topological polar surface area (TPSA) is 47.6 Å². The van der Waals surface area contributed by atoms with Gasteiger partial charge in [-0.05, 0) is 37.1 Å². The van der Waals surface area contributed by atoms with Crippen LogP contribution in [0.1, 0.15) is 29.7 Å². The van der Waals surface area contributed by atoms with Crippen molar-refractivity contribution in [2.45, 2.75) is 25.6 Å². The molecule has 2 aromatic rings. The van der Waals surface area contributed by atoms with Crippen LogP contribution in [0.2, 0.25) is 0 Å². The molecule has 0 radical (unpaired) electrons. The number of hydrogen-bond donors (Lipinski definition) is 1. The number of aryl methyl sites for hydroxylation is 1. The summed E-state index contributed by atoms with van der Waals surface area (Å²) >= 11 is 1.62. The average Bonchev–Trinajstić information content (AvgIpc) is 2.63. The highest BCUT2D eigenvalue weighted by Crippen LogP contribution is 2.32. The minimum Gasteiger partial charge on any atom is -0.486 e. The molecule has 0 spiro atoms. The Kier molecular flexibility index (Phi) is 5.87. The van der Waals surface area contributed by atoms with E-state index in [1.807, 2.05) is 25.1 Å². The molecule has 0 fully saturated rings. The van der Waals surface area contributed by atoms with Crippen LogP contribution in [0.25, 0.3) is 0 Å². The Morgan fingerprint density at radius 1 is 1.12 bits per heavy atom. The van der Waals surface area contributed by atoms with Gasteiger partial charge in [-0.15, -0.1) is 11.8 Å². The first-order valence-electron chi connectivity index (χ1n) is 8.44. The summed E-state index contributed by atoms with van der Waals surface area (Å²) in [4.78, 5) is 12.2. The minimum atomic E-state index is -0.0664. The molecule has 1 heterocycles. The summed E-state index contributed by atoms with van der Waals surface area (Å²) in [5.41, 5.74) is 3.50. The van der Waals surface area contributed by atoms with Gasteiger partial charge in [0.1, 0.15) is 13.2 Å². The Morgan fingerprint density at radius 3 is 2.60 bits per heavy atom. The molecule has 1 unspecified atom stereocenters. The fourth-order valence-electron chi connectivity index (χ4n) is 2.64. The Labute approximate surface area is 152 Å². The molecule has 1 atom stereocenters. The van der Waals surface area contributed by atoms with Crippen molar-refractivity contribution in [3.05, 3.63) is 59.2 Å². The summed E-state index contributed by atoms with van der Waals surface area (Å²) < 4.78 is 11.1. The van der Waals surface area contributed by atoms with Crippen LogP contribution in [-0.4, -0.2) is 24.9 Å². The number of hydrogen-bond acceptors (Lipinski definition) is 4. The van der Waals surface area contributed by atoms with E-state index in [4.69, 9.17) is 9.47 Å². The number of thioether (sulfide) groups is 1. The van der Waals surface area contributed by atoms with Crippen molar-refractivity contribution in [2.75, 3.05) is 19.0 Å². The van der Waals surface area contributed by atoms with Crippen LogP contribution in [0.15, 0.2) is 42.5 Å². The zero-order valence-electron chi connectivity index (χ0n) is 14.6. The molecular formula is C20H23NO3S. The lowest BCUT2D eigenvalue weighted by molar-refractivity contribution is -0.119. The maximum Gasteiger partial charge on any atom is 0.230 e. The first kappa shape index (κ1) is 17.7. The second-order valence-electron chi connectivity index (χ2n) is 6.17. The zero-order chi connectivity index (χ0) is 17.6. The highest BCUT2D eigenvalue weighted by molar-refractivity contribution is 7.99. The van der Waals surface area contributed by atoms with Crippen molar-refractivity contribution in [2.24, 2.45) is 0 Å². The fourth-order valence-corrected chi connectivity index (χ4v) is 3.44. The van der Waals surface area contributed by atoms with Gasteiger partial charge >= 0.3 is 0 Å². The highest BCUT2D eigenvalue weighted by Gasteiger charge is 2.15. The lowest BCUT2D eigenvalue weighted by atomic mass is 10.1. The summed E-state index contributed by atoms with van der Waals surface area (Å²) in [5.74, 6) is 2.84. The molecule has 5 heteroatoms. The van der Waals surface area contributed by atoms with Gasteiger partial charge in [-0.2, -0.15) is 0 Å². The number of rotatable bonds is 6. The van der Waals surface area contributed by atoms with Crippen LogP contribution in [0.5, 0.6) is 11.5 Å². The molecule has 0 aliphatic carbocycles. The number of ether oxygens (including phenoxy) is 2. The molecule has 0 saturated carbocycles. The van der Waals surface area contributed by atoms with E-state index >= 15 is 0 Å². The predicted molar refractivity (Wildman–Crippen MR) is 101 cm³/mol. The van der Waals surface area contributed by atoms with Gasteiger partial charge in [-0.3, -0.25) is 4.79 Å². The van der Waals surface area contributed by atoms with E-state index in [-0.39, 0.29) is 11.9 Å². The normalized spacial score (nSPS) is 14.0. The van der Waals surface area contributed by atoms with Gasteiger partial charge in [-0.1, -0.05) is 35.9 Å². The molecule has 1 amide bonds. The molecule has 1 aliphatic heterocycles. The SMILES string of the molecule is Cc1ccc(CSCC(=O)NC(C)c2ccc3c(c2)OCCO3)cc1. The number of nitrogens with one attached hydrogen (secondary N) is 1. The van der Waals surface area contributed by atoms with Gasteiger partial charge in [-0.25, -0.2) is 0 Å². The first-order valence-corrected chi connectivity index (χ1v) is 9.59. The largest absolute Gasteiger partial charge is 0.486 e. The van der Waals surface area contributed by atoms with Crippen molar-refractivity contribution in [1.29, 1.82) is 0 Å². The third-order valence-corrected chi connectivity index (χ3v) is 5.07. The first-order chi connectivity index (χ1) is 12.1. The molecule has 3 rings (SSSR count). The van der Waals surface area contributed by atoms with Gasteiger partial charge in [0.25, 0.3) is 0 Å². The predicted octanol–water partition coefficient (Wildman–Crippen LogP) is 3.88. The summed E-state index contributed by atoms with van der Waals surface area (Å²) in [6, 6.07) is 14.2. The number of carbonyl (C=O) groups excluding carboxylic acids is 1. The summed E-state index contributed by atoms with van der Waals surface area (Å²) in [6.45, 7) is 5.20. The van der Waals surface area contributed by atoms with Gasteiger partial charge in [0, 0.05) is 5.75 Å². The third kappa shape index (κ3) is 4.92. The van der Waals surface area contributed by atoms with Crippen LogP contribution in [0.4, 0.5) is 0 Å². The van der Waals surface area contributed by atoms with E-state index in [2.05, 4.69) is 36.5 Å². The van der Waals surface area contributed by atoms with Gasteiger partial charge < -0.3 is 14.8 Å². The smallest absolute Gasteiger partial charge is 0.230 e. The summed E-state index contributed by atoms with van der Waals surface area (Å²) in [6.07, 6.45) is 0.